The molecule has 1 N–H and O–H groups in total. The summed E-state index contributed by atoms with van der Waals surface area (Å²) in [5.41, 5.74) is 0. The highest BCUT2D eigenvalue weighted by molar-refractivity contribution is 7.98. The van der Waals surface area contributed by atoms with E-state index in [9.17, 15) is 4.79 Å². The second kappa shape index (κ2) is 7.47. The van der Waals surface area contributed by atoms with Gasteiger partial charge < -0.3 is 10.2 Å². The monoisotopic (exact) mass is 294 g/mol. The molecule has 0 spiro atoms. The summed E-state index contributed by atoms with van der Waals surface area (Å²) in [7, 11) is 0. The molecule has 2 rings (SSSR count). The van der Waals surface area contributed by atoms with E-state index in [1.54, 1.807) is 18.1 Å². The third-order valence-electron chi connectivity index (χ3n) is 3.51. The number of nitrogens with zero attached hydrogens (tertiary/aromatic N) is 3. The number of hydrogen-bond acceptors (Lipinski definition) is 5. The summed E-state index contributed by atoms with van der Waals surface area (Å²) in [4.78, 5) is 22.2. The molecule has 6 heteroatoms. The zero-order chi connectivity index (χ0) is 14.4. The molecule has 1 aromatic rings. The number of anilines is 1. The van der Waals surface area contributed by atoms with Gasteiger partial charge in [0.2, 0.25) is 5.91 Å². The molecule has 20 heavy (non-hydrogen) atoms. The number of hydrogen-bond donors (Lipinski definition) is 1. The van der Waals surface area contributed by atoms with Gasteiger partial charge in [0, 0.05) is 31.6 Å². The topological polar surface area (TPSA) is 58.1 Å². The number of aromatic nitrogens is 2. The standard InChI is InChI=1S/C14H22N4OS/c1-3-4-14(19)18-7-5-11(6-8-18)17-12-9-13(20-2)16-10-15-12/h9-11H,3-8H2,1-2H3,(H,15,16,17). The molecule has 1 aliphatic heterocycles. The van der Waals surface area contributed by atoms with Crippen LogP contribution in [0.1, 0.15) is 32.6 Å². The fourth-order valence-electron chi connectivity index (χ4n) is 2.38. The zero-order valence-electron chi connectivity index (χ0n) is 12.1. The molecule has 0 bridgehead atoms. The van der Waals surface area contributed by atoms with Crippen LogP contribution in [-0.4, -0.2) is 46.2 Å². The van der Waals surface area contributed by atoms with E-state index in [4.69, 9.17) is 0 Å². The van der Waals surface area contributed by atoms with Crippen molar-refractivity contribution in [2.24, 2.45) is 0 Å². The van der Waals surface area contributed by atoms with Gasteiger partial charge in [0.15, 0.2) is 0 Å². The maximum Gasteiger partial charge on any atom is 0.222 e. The summed E-state index contributed by atoms with van der Waals surface area (Å²) in [5.74, 6) is 1.17. The van der Waals surface area contributed by atoms with Crippen LogP contribution in [0, 0.1) is 0 Å². The van der Waals surface area contributed by atoms with Crippen molar-refractivity contribution in [3.8, 4) is 0 Å². The van der Waals surface area contributed by atoms with Gasteiger partial charge in [-0.25, -0.2) is 9.97 Å². The Labute approximate surface area is 124 Å². The highest BCUT2D eigenvalue weighted by atomic mass is 32.2. The molecule has 2 heterocycles. The minimum absolute atomic E-state index is 0.289. The van der Waals surface area contributed by atoms with Crippen molar-refractivity contribution in [3.05, 3.63) is 12.4 Å². The molecule has 0 aromatic carbocycles. The number of amides is 1. The molecule has 0 unspecified atom stereocenters. The van der Waals surface area contributed by atoms with Crippen molar-refractivity contribution < 1.29 is 4.79 Å². The highest BCUT2D eigenvalue weighted by Crippen LogP contribution is 2.18. The van der Waals surface area contributed by atoms with E-state index < -0.39 is 0 Å². The third-order valence-corrected chi connectivity index (χ3v) is 4.16. The summed E-state index contributed by atoms with van der Waals surface area (Å²) in [6, 6.07) is 2.37. The van der Waals surface area contributed by atoms with Crippen LogP contribution in [0.4, 0.5) is 5.82 Å². The van der Waals surface area contributed by atoms with E-state index in [0.717, 1.165) is 43.2 Å². The van der Waals surface area contributed by atoms with Crippen molar-refractivity contribution in [3.63, 3.8) is 0 Å². The number of thioether (sulfide) groups is 1. The number of likely N-dealkylation sites (tertiary alicyclic amines) is 1. The van der Waals surface area contributed by atoms with Crippen LogP contribution in [0.2, 0.25) is 0 Å². The van der Waals surface area contributed by atoms with Gasteiger partial charge in [0.25, 0.3) is 0 Å². The zero-order valence-corrected chi connectivity index (χ0v) is 12.9. The molecular formula is C14H22N4OS. The van der Waals surface area contributed by atoms with Crippen LogP contribution < -0.4 is 5.32 Å². The predicted molar refractivity (Wildman–Crippen MR) is 81.9 cm³/mol. The Kier molecular flexibility index (Phi) is 5.64. The van der Waals surface area contributed by atoms with Crippen LogP contribution in [-0.2, 0) is 4.79 Å². The molecular weight excluding hydrogens is 272 g/mol. The second-order valence-electron chi connectivity index (χ2n) is 5.00. The molecule has 0 saturated carbocycles. The Morgan fingerprint density at radius 3 is 2.85 bits per heavy atom. The molecule has 1 aliphatic rings. The molecule has 0 atom stereocenters. The number of rotatable bonds is 5. The molecule has 5 nitrogen and oxygen atoms in total. The molecule has 0 aliphatic carbocycles. The third kappa shape index (κ3) is 4.10. The number of carbonyl (C=O) groups is 1. The smallest absolute Gasteiger partial charge is 0.222 e. The van der Waals surface area contributed by atoms with E-state index in [0.29, 0.717) is 12.5 Å². The van der Waals surface area contributed by atoms with Gasteiger partial charge in [0.05, 0.1) is 0 Å². The normalized spacial score (nSPS) is 16.2. The van der Waals surface area contributed by atoms with Gasteiger partial charge in [-0.05, 0) is 25.5 Å². The predicted octanol–water partition coefficient (Wildman–Crippen LogP) is 2.40. The van der Waals surface area contributed by atoms with Gasteiger partial charge in [-0.3, -0.25) is 4.79 Å². The maximum atomic E-state index is 11.8. The van der Waals surface area contributed by atoms with Crippen molar-refractivity contribution in [1.82, 2.24) is 14.9 Å². The summed E-state index contributed by atoms with van der Waals surface area (Å²) >= 11 is 1.61. The number of nitrogens with one attached hydrogen (secondary N) is 1. The largest absolute Gasteiger partial charge is 0.367 e. The summed E-state index contributed by atoms with van der Waals surface area (Å²) in [6.45, 7) is 3.73. The summed E-state index contributed by atoms with van der Waals surface area (Å²) in [6.07, 6.45) is 7.15. The average molecular weight is 294 g/mol. The van der Waals surface area contributed by atoms with Gasteiger partial charge in [0.1, 0.15) is 17.2 Å². The Balaban J connectivity index is 1.83. The quantitative estimate of drug-likeness (QED) is 0.667. The number of piperidine rings is 1. The first-order valence-electron chi connectivity index (χ1n) is 7.13. The van der Waals surface area contributed by atoms with Gasteiger partial charge in [-0.1, -0.05) is 6.92 Å². The first kappa shape index (κ1) is 15.1. The lowest BCUT2D eigenvalue weighted by molar-refractivity contribution is -0.132. The number of carbonyl (C=O) groups excluding carboxylic acids is 1. The van der Waals surface area contributed by atoms with Crippen molar-refractivity contribution in [2.45, 2.75) is 43.7 Å². The van der Waals surface area contributed by atoms with Crippen LogP contribution in [0.25, 0.3) is 0 Å². The lowest BCUT2D eigenvalue weighted by atomic mass is 10.0. The first-order chi connectivity index (χ1) is 9.72. The van der Waals surface area contributed by atoms with Crippen LogP contribution in [0.5, 0.6) is 0 Å². The van der Waals surface area contributed by atoms with Crippen LogP contribution in [0.15, 0.2) is 17.4 Å². The Morgan fingerprint density at radius 1 is 1.45 bits per heavy atom. The van der Waals surface area contributed by atoms with Crippen LogP contribution >= 0.6 is 11.8 Å². The minimum atomic E-state index is 0.289. The fourth-order valence-corrected chi connectivity index (χ4v) is 2.77. The second-order valence-corrected chi connectivity index (χ2v) is 5.82. The van der Waals surface area contributed by atoms with Crippen molar-refractivity contribution in [2.75, 3.05) is 24.7 Å². The van der Waals surface area contributed by atoms with E-state index >= 15 is 0 Å². The summed E-state index contributed by atoms with van der Waals surface area (Å²) < 4.78 is 0. The SMILES string of the molecule is CCCC(=O)N1CCC(Nc2cc(SC)ncn2)CC1. The average Bonchev–Trinajstić information content (AvgIpc) is 2.48. The Bertz CT molecular complexity index is 447. The molecule has 110 valence electrons. The van der Waals surface area contributed by atoms with Gasteiger partial charge >= 0.3 is 0 Å². The lowest BCUT2D eigenvalue weighted by Crippen LogP contribution is -2.42. The summed E-state index contributed by atoms with van der Waals surface area (Å²) in [5, 5.41) is 4.42. The first-order valence-corrected chi connectivity index (χ1v) is 8.35. The van der Waals surface area contributed by atoms with Crippen molar-refractivity contribution >= 4 is 23.5 Å². The lowest BCUT2D eigenvalue weighted by Gasteiger charge is -2.32. The Morgan fingerprint density at radius 2 is 2.20 bits per heavy atom. The van der Waals surface area contributed by atoms with E-state index in [1.807, 2.05) is 24.1 Å². The maximum absolute atomic E-state index is 11.8. The van der Waals surface area contributed by atoms with E-state index in [2.05, 4.69) is 15.3 Å². The van der Waals surface area contributed by atoms with E-state index in [1.165, 1.54) is 0 Å². The van der Waals surface area contributed by atoms with Gasteiger partial charge in [-0.15, -0.1) is 11.8 Å². The molecule has 1 saturated heterocycles. The molecule has 1 fully saturated rings. The molecule has 0 radical (unpaired) electrons. The molecule has 1 amide bonds. The van der Waals surface area contributed by atoms with Crippen LogP contribution in [0.3, 0.4) is 0 Å². The van der Waals surface area contributed by atoms with E-state index in [-0.39, 0.29) is 5.91 Å². The minimum Gasteiger partial charge on any atom is -0.367 e. The fraction of sp³-hybridized carbons (Fsp3) is 0.643. The highest BCUT2D eigenvalue weighted by Gasteiger charge is 2.22. The Hall–Kier alpha value is -1.30. The van der Waals surface area contributed by atoms with Crippen molar-refractivity contribution in [1.29, 1.82) is 0 Å². The van der Waals surface area contributed by atoms with Gasteiger partial charge in [-0.2, -0.15) is 0 Å². The molecule has 1 aromatic heterocycles.